The Morgan fingerprint density at radius 3 is 2.63 bits per heavy atom. The topological polar surface area (TPSA) is 77.0 Å². The first-order chi connectivity index (χ1) is 14.1. The summed E-state index contributed by atoms with van der Waals surface area (Å²) in [7, 11) is -2.95. The zero-order valence-electron chi connectivity index (χ0n) is 15.9. The highest BCUT2D eigenvalue weighted by Crippen LogP contribution is 2.41. The number of rotatable bonds is 5. The number of hydrogen-bond donors (Lipinski definition) is 1. The van der Waals surface area contributed by atoms with Gasteiger partial charge in [0.05, 0.1) is 26.5 Å². The lowest BCUT2D eigenvalue weighted by Crippen LogP contribution is -2.22. The van der Waals surface area contributed by atoms with Crippen LogP contribution in [0.5, 0.6) is 5.75 Å². The molecule has 2 aromatic carbocycles. The first kappa shape index (κ1) is 20.6. The van der Waals surface area contributed by atoms with Crippen LogP contribution in [0.4, 0.5) is 24.7 Å². The highest BCUT2D eigenvalue weighted by Gasteiger charge is 2.30. The van der Waals surface area contributed by atoms with E-state index < -0.39 is 19.9 Å². The molecule has 4 rings (SSSR count). The first-order valence-corrected chi connectivity index (χ1v) is 12.2. The fourth-order valence-corrected chi connectivity index (χ4v) is 4.70. The molecular formula is C19H16F3N4O2PS. The molecule has 0 spiro atoms. The van der Waals surface area contributed by atoms with Gasteiger partial charge in [-0.05, 0) is 37.6 Å². The SMILES string of the molecule is CP(C)(=O)c1cc2c(Nc3ccc4scnc4c3)ncnc2cc1OCC(F)(F)F. The maximum absolute atomic E-state index is 12.8. The maximum atomic E-state index is 12.8. The lowest BCUT2D eigenvalue weighted by Gasteiger charge is -2.17. The van der Waals surface area contributed by atoms with Crippen molar-refractivity contribution in [2.75, 3.05) is 25.3 Å². The lowest BCUT2D eigenvalue weighted by atomic mass is 10.2. The van der Waals surface area contributed by atoms with Gasteiger partial charge in [-0.1, -0.05) is 0 Å². The third-order valence-electron chi connectivity index (χ3n) is 4.28. The normalized spacial score (nSPS) is 12.4. The van der Waals surface area contributed by atoms with Crippen molar-refractivity contribution >= 4 is 56.4 Å². The van der Waals surface area contributed by atoms with Crippen LogP contribution in [0.2, 0.25) is 0 Å². The summed E-state index contributed by atoms with van der Waals surface area (Å²) < 4.78 is 56.7. The third kappa shape index (κ3) is 4.39. The van der Waals surface area contributed by atoms with Crippen molar-refractivity contribution in [3.8, 4) is 5.75 Å². The van der Waals surface area contributed by atoms with Gasteiger partial charge in [0, 0.05) is 17.1 Å². The number of aromatic nitrogens is 3. The monoisotopic (exact) mass is 452 g/mol. The molecule has 0 atom stereocenters. The molecular weight excluding hydrogens is 436 g/mol. The van der Waals surface area contributed by atoms with Gasteiger partial charge in [0.15, 0.2) is 6.61 Å². The van der Waals surface area contributed by atoms with Crippen LogP contribution in [0.25, 0.3) is 21.1 Å². The fourth-order valence-electron chi connectivity index (χ4n) is 2.94. The molecule has 156 valence electrons. The number of fused-ring (bicyclic) bond motifs is 2. The molecule has 11 heteroatoms. The average Bonchev–Trinajstić information content (AvgIpc) is 3.12. The zero-order valence-corrected chi connectivity index (χ0v) is 17.6. The highest BCUT2D eigenvalue weighted by atomic mass is 32.1. The standard InChI is InChI=1S/C19H16F3N4O2PS/c1-29(2,27)16-6-12-13(7-15(16)28-8-19(20,21)22)23-9-24-18(12)26-11-3-4-17-14(5-11)25-10-30-17/h3-7,9-10H,8H2,1-2H3,(H,23,24,26). The molecule has 0 saturated carbocycles. The Kier molecular flexibility index (Phi) is 5.15. The van der Waals surface area contributed by atoms with Gasteiger partial charge in [0.25, 0.3) is 0 Å². The van der Waals surface area contributed by atoms with Crippen molar-refractivity contribution in [2.24, 2.45) is 0 Å². The molecule has 6 nitrogen and oxygen atoms in total. The van der Waals surface area contributed by atoms with Crippen LogP contribution in [0.1, 0.15) is 0 Å². The minimum absolute atomic E-state index is 0.0956. The molecule has 30 heavy (non-hydrogen) atoms. The molecule has 0 unspecified atom stereocenters. The molecule has 0 aliphatic rings. The van der Waals surface area contributed by atoms with Crippen molar-refractivity contribution in [3.63, 3.8) is 0 Å². The van der Waals surface area contributed by atoms with Gasteiger partial charge >= 0.3 is 6.18 Å². The Morgan fingerprint density at radius 1 is 1.10 bits per heavy atom. The molecule has 0 aliphatic heterocycles. The molecule has 4 aromatic rings. The molecule has 1 N–H and O–H groups in total. The highest BCUT2D eigenvalue weighted by molar-refractivity contribution is 7.70. The van der Waals surface area contributed by atoms with E-state index in [2.05, 4.69) is 20.3 Å². The van der Waals surface area contributed by atoms with Crippen LogP contribution < -0.4 is 15.4 Å². The summed E-state index contributed by atoms with van der Waals surface area (Å²) in [5, 5.41) is 3.91. The Hall–Kier alpha value is -2.71. The number of ether oxygens (including phenoxy) is 1. The summed E-state index contributed by atoms with van der Waals surface area (Å²) in [4.78, 5) is 12.7. The van der Waals surface area contributed by atoms with E-state index in [9.17, 15) is 17.7 Å². The largest absolute Gasteiger partial charge is 0.483 e. The summed E-state index contributed by atoms with van der Waals surface area (Å²) in [6.07, 6.45) is -3.21. The van der Waals surface area contributed by atoms with E-state index in [4.69, 9.17) is 4.74 Å². The number of anilines is 2. The summed E-state index contributed by atoms with van der Waals surface area (Å²) in [5.74, 6) is 0.341. The molecule has 0 bridgehead atoms. The van der Waals surface area contributed by atoms with Crippen LogP contribution >= 0.6 is 18.5 Å². The minimum Gasteiger partial charge on any atom is -0.483 e. The van der Waals surface area contributed by atoms with E-state index in [0.29, 0.717) is 16.7 Å². The Morgan fingerprint density at radius 2 is 1.90 bits per heavy atom. The van der Waals surface area contributed by atoms with Crippen LogP contribution in [-0.4, -0.2) is 41.1 Å². The fraction of sp³-hybridized carbons (Fsp3) is 0.211. The second kappa shape index (κ2) is 7.52. The van der Waals surface area contributed by atoms with E-state index in [1.54, 1.807) is 5.51 Å². The van der Waals surface area contributed by atoms with Gasteiger partial charge in [0.2, 0.25) is 0 Å². The van der Waals surface area contributed by atoms with Gasteiger partial charge in [-0.2, -0.15) is 13.2 Å². The predicted octanol–water partition coefficient (Wildman–Crippen LogP) is 5.17. The number of thiazole rings is 1. The summed E-state index contributed by atoms with van der Waals surface area (Å²) >= 11 is 1.53. The van der Waals surface area contributed by atoms with Gasteiger partial charge < -0.3 is 14.6 Å². The van der Waals surface area contributed by atoms with E-state index in [1.165, 1.54) is 43.1 Å². The minimum atomic E-state index is -4.51. The van der Waals surface area contributed by atoms with Gasteiger partial charge in [-0.3, -0.25) is 0 Å². The molecule has 0 fully saturated rings. The second-order valence-corrected chi connectivity index (χ2v) is 11.0. The Bertz CT molecular complexity index is 1290. The third-order valence-corrected chi connectivity index (χ3v) is 6.60. The number of benzene rings is 2. The Balaban J connectivity index is 1.78. The Labute approximate surface area is 173 Å². The van der Waals surface area contributed by atoms with Crippen LogP contribution in [0, 0.1) is 0 Å². The van der Waals surface area contributed by atoms with Crippen molar-refractivity contribution in [1.29, 1.82) is 0 Å². The number of nitrogens with zero attached hydrogens (tertiary/aromatic N) is 3. The molecule has 2 aromatic heterocycles. The number of hydrogen-bond acceptors (Lipinski definition) is 7. The molecule has 0 radical (unpaired) electrons. The lowest BCUT2D eigenvalue weighted by molar-refractivity contribution is -0.153. The summed E-state index contributed by atoms with van der Waals surface area (Å²) in [5.41, 5.74) is 3.70. The van der Waals surface area contributed by atoms with E-state index >= 15 is 0 Å². The van der Waals surface area contributed by atoms with Crippen molar-refractivity contribution in [1.82, 2.24) is 15.0 Å². The molecule has 0 saturated heterocycles. The van der Waals surface area contributed by atoms with E-state index in [0.717, 1.165) is 15.9 Å². The van der Waals surface area contributed by atoms with E-state index in [1.807, 2.05) is 18.2 Å². The number of alkyl halides is 3. The van der Waals surface area contributed by atoms with Gasteiger partial charge in [0.1, 0.15) is 25.0 Å². The first-order valence-electron chi connectivity index (χ1n) is 8.74. The zero-order chi connectivity index (χ0) is 21.5. The van der Waals surface area contributed by atoms with Gasteiger partial charge in [-0.25, -0.2) is 15.0 Å². The summed E-state index contributed by atoms with van der Waals surface area (Å²) in [6.45, 7) is 1.47. The van der Waals surface area contributed by atoms with Crippen molar-refractivity contribution in [3.05, 3.63) is 42.2 Å². The van der Waals surface area contributed by atoms with Crippen molar-refractivity contribution in [2.45, 2.75) is 6.18 Å². The van der Waals surface area contributed by atoms with Crippen LogP contribution in [0.3, 0.4) is 0 Å². The van der Waals surface area contributed by atoms with Crippen LogP contribution in [-0.2, 0) is 4.57 Å². The number of nitrogens with one attached hydrogen (secondary N) is 1. The average molecular weight is 452 g/mol. The van der Waals surface area contributed by atoms with E-state index in [-0.39, 0.29) is 11.1 Å². The maximum Gasteiger partial charge on any atom is 0.422 e. The molecule has 0 amide bonds. The predicted molar refractivity (Wildman–Crippen MR) is 113 cm³/mol. The summed E-state index contributed by atoms with van der Waals surface area (Å²) in [6, 6.07) is 8.57. The molecule has 0 aliphatic carbocycles. The number of halogens is 3. The second-order valence-electron chi connectivity index (χ2n) is 6.97. The smallest absolute Gasteiger partial charge is 0.422 e. The van der Waals surface area contributed by atoms with Crippen molar-refractivity contribution < 1.29 is 22.5 Å². The van der Waals surface area contributed by atoms with Gasteiger partial charge in [-0.15, -0.1) is 11.3 Å². The van der Waals surface area contributed by atoms with Crippen LogP contribution in [0.15, 0.2) is 42.2 Å². The quantitative estimate of drug-likeness (QED) is 0.421. The molecule has 2 heterocycles.